The van der Waals surface area contributed by atoms with E-state index in [2.05, 4.69) is 51.7 Å². The highest BCUT2D eigenvalue weighted by molar-refractivity contribution is 9.10. The van der Waals surface area contributed by atoms with Crippen LogP contribution in [0.1, 0.15) is 34.8 Å². The first-order valence-electron chi connectivity index (χ1n) is 6.28. The van der Waals surface area contributed by atoms with E-state index in [4.69, 9.17) is 5.84 Å². The van der Waals surface area contributed by atoms with Gasteiger partial charge in [-0.2, -0.15) is 5.10 Å². The fourth-order valence-corrected chi connectivity index (χ4v) is 3.97. The maximum Gasteiger partial charge on any atom is 0.0766 e. The minimum atomic E-state index is 0.122. The number of hydrogen-bond acceptors (Lipinski definition) is 4. The van der Waals surface area contributed by atoms with Crippen LogP contribution in [-0.4, -0.2) is 9.78 Å². The molecular formula is C13H19BrN4S. The lowest BCUT2D eigenvalue weighted by Crippen LogP contribution is -2.30. The van der Waals surface area contributed by atoms with Gasteiger partial charge in [0.05, 0.1) is 21.9 Å². The van der Waals surface area contributed by atoms with E-state index >= 15 is 0 Å². The van der Waals surface area contributed by atoms with E-state index in [0.29, 0.717) is 0 Å². The van der Waals surface area contributed by atoms with Crippen LogP contribution >= 0.6 is 27.3 Å². The lowest BCUT2D eigenvalue weighted by Gasteiger charge is -2.16. The zero-order chi connectivity index (χ0) is 14.0. The third-order valence-corrected chi connectivity index (χ3v) is 5.37. The zero-order valence-corrected chi connectivity index (χ0v) is 13.8. The van der Waals surface area contributed by atoms with Crippen LogP contribution in [0.4, 0.5) is 0 Å². The molecule has 3 N–H and O–H groups in total. The average molecular weight is 343 g/mol. The molecule has 2 aromatic rings. The van der Waals surface area contributed by atoms with Crippen molar-refractivity contribution >= 4 is 27.3 Å². The largest absolute Gasteiger partial charge is 0.271 e. The fourth-order valence-electron chi connectivity index (χ4n) is 2.20. The van der Waals surface area contributed by atoms with Gasteiger partial charge in [0, 0.05) is 18.3 Å². The number of thiophene rings is 1. The molecule has 2 rings (SSSR count). The highest BCUT2D eigenvalue weighted by atomic mass is 79.9. The minimum Gasteiger partial charge on any atom is -0.271 e. The van der Waals surface area contributed by atoms with Gasteiger partial charge >= 0.3 is 0 Å². The summed E-state index contributed by atoms with van der Waals surface area (Å²) < 4.78 is 3.04. The second-order valence-electron chi connectivity index (χ2n) is 4.58. The van der Waals surface area contributed by atoms with Crippen LogP contribution in [0.25, 0.3) is 0 Å². The fraction of sp³-hybridized carbons (Fsp3) is 0.462. The Hall–Kier alpha value is -0.690. The number of hydrogen-bond donors (Lipinski definition) is 2. The van der Waals surface area contributed by atoms with Gasteiger partial charge in [-0.05, 0) is 46.3 Å². The Balaban J connectivity index is 2.29. The molecule has 19 heavy (non-hydrogen) atoms. The molecular weight excluding hydrogens is 324 g/mol. The second kappa shape index (κ2) is 6.17. The lowest BCUT2D eigenvalue weighted by atomic mass is 10.1. The van der Waals surface area contributed by atoms with Crippen molar-refractivity contribution in [1.82, 2.24) is 15.2 Å². The first kappa shape index (κ1) is 14.7. The molecule has 0 aliphatic carbocycles. The molecule has 0 aromatic carbocycles. The molecule has 0 amide bonds. The second-order valence-corrected chi connectivity index (χ2v) is 6.32. The average Bonchev–Trinajstić information content (AvgIpc) is 2.93. The van der Waals surface area contributed by atoms with E-state index in [1.807, 2.05) is 11.7 Å². The molecule has 0 bridgehead atoms. The van der Waals surface area contributed by atoms with Crippen LogP contribution in [0.2, 0.25) is 0 Å². The van der Waals surface area contributed by atoms with Crippen LogP contribution < -0.4 is 11.3 Å². The van der Waals surface area contributed by atoms with Crippen molar-refractivity contribution in [3.8, 4) is 0 Å². The van der Waals surface area contributed by atoms with Crippen LogP contribution in [0.5, 0.6) is 0 Å². The Morgan fingerprint density at radius 2 is 2.32 bits per heavy atom. The normalized spacial score (nSPS) is 12.9. The number of rotatable bonds is 5. The maximum absolute atomic E-state index is 5.73. The Morgan fingerprint density at radius 3 is 2.79 bits per heavy atom. The van der Waals surface area contributed by atoms with Crippen molar-refractivity contribution in [3.05, 3.63) is 37.7 Å². The third kappa shape index (κ3) is 2.91. The summed E-state index contributed by atoms with van der Waals surface area (Å²) in [5.74, 6) is 5.73. The molecule has 0 spiro atoms. The summed E-state index contributed by atoms with van der Waals surface area (Å²) in [5.41, 5.74) is 6.47. The first-order chi connectivity index (χ1) is 9.08. The lowest BCUT2D eigenvalue weighted by molar-refractivity contribution is 0.534. The molecule has 0 aliphatic heterocycles. The predicted octanol–water partition coefficient (Wildman–Crippen LogP) is 2.86. The topological polar surface area (TPSA) is 55.9 Å². The molecule has 1 unspecified atom stereocenters. The Morgan fingerprint density at radius 1 is 1.58 bits per heavy atom. The summed E-state index contributed by atoms with van der Waals surface area (Å²) >= 11 is 5.39. The molecule has 0 fully saturated rings. The summed E-state index contributed by atoms with van der Waals surface area (Å²) in [4.78, 5) is 1.29. The Bertz CT molecular complexity index is 561. The van der Waals surface area contributed by atoms with Gasteiger partial charge in [0.1, 0.15) is 0 Å². The predicted molar refractivity (Wildman–Crippen MR) is 83.1 cm³/mol. The van der Waals surface area contributed by atoms with Crippen LogP contribution in [0, 0.1) is 6.92 Å². The molecule has 4 nitrogen and oxygen atoms in total. The summed E-state index contributed by atoms with van der Waals surface area (Å²) in [5, 5.41) is 6.63. The standard InChI is InChI=1S/C13H19BrN4S/c1-4-9-12(14)11(18(3)17-9)7-10(16-15)13-8(2)5-6-19-13/h5-6,10,16H,4,7,15H2,1-3H3. The molecule has 2 aromatic heterocycles. The number of hydrazine groups is 1. The van der Waals surface area contributed by atoms with Crippen LogP contribution in [0.3, 0.4) is 0 Å². The SMILES string of the molecule is CCc1nn(C)c(CC(NN)c2sccc2C)c1Br. The highest BCUT2D eigenvalue weighted by Crippen LogP contribution is 2.30. The summed E-state index contributed by atoms with van der Waals surface area (Å²) in [6.45, 7) is 4.23. The molecule has 104 valence electrons. The quantitative estimate of drug-likeness (QED) is 0.648. The van der Waals surface area contributed by atoms with Crippen molar-refractivity contribution in [2.45, 2.75) is 32.7 Å². The molecule has 0 saturated carbocycles. The van der Waals surface area contributed by atoms with E-state index in [-0.39, 0.29) is 6.04 Å². The van der Waals surface area contributed by atoms with Crippen molar-refractivity contribution in [2.24, 2.45) is 12.9 Å². The summed E-state index contributed by atoms with van der Waals surface area (Å²) in [6, 6.07) is 2.25. The molecule has 0 radical (unpaired) electrons. The number of nitrogens with one attached hydrogen (secondary N) is 1. The van der Waals surface area contributed by atoms with Gasteiger partial charge in [0.2, 0.25) is 0 Å². The van der Waals surface area contributed by atoms with Crippen molar-refractivity contribution < 1.29 is 0 Å². The van der Waals surface area contributed by atoms with E-state index in [0.717, 1.165) is 23.0 Å². The van der Waals surface area contributed by atoms with Crippen molar-refractivity contribution in [1.29, 1.82) is 0 Å². The summed E-state index contributed by atoms with van der Waals surface area (Å²) in [7, 11) is 1.98. The van der Waals surface area contributed by atoms with Crippen molar-refractivity contribution in [3.63, 3.8) is 0 Å². The van der Waals surface area contributed by atoms with E-state index < -0.39 is 0 Å². The molecule has 6 heteroatoms. The van der Waals surface area contributed by atoms with Gasteiger partial charge in [-0.25, -0.2) is 0 Å². The Kier molecular flexibility index (Phi) is 4.78. The number of nitrogens with zero attached hydrogens (tertiary/aromatic N) is 2. The number of aromatic nitrogens is 2. The monoisotopic (exact) mass is 342 g/mol. The van der Waals surface area contributed by atoms with E-state index in [9.17, 15) is 0 Å². The third-order valence-electron chi connectivity index (χ3n) is 3.32. The number of halogens is 1. The number of aryl methyl sites for hydroxylation is 3. The zero-order valence-electron chi connectivity index (χ0n) is 11.4. The van der Waals surface area contributed by atoms with Crippen LogP contribution in [-0.2, 0) is 19.9 Å². The van der Waals surface area contributed by atoms with Gasteiger partial charge in [-0.15, -0.1) is 11.3 Å². The molecule has 1 atom stereocenters. The van der Waals surface area contributed by atoms with Crippen LogP contribution in [0.15, 0.2) is 15.9 Å². The highest BCUT2D eigenvalue weighted by Gasteiger charge is 2.20. The molecule has 2 heterocycles. The van der Waals surface area contributed by atoms with Gasteiger partial charge < -0.3 is 0 Å². The van der Waals surface area contributed by atoms with Gasteiger partial charge in [-0.3, -0.25) is 16.0 Å². The molecule has 0 aliphatic rings. The van der Waals surface area contributed by atoms with Gasteiger partial charge in [0.25, 0.3) is 0 Å². The first-order valence-corrected chi connectivity index (χ1v) is 7.96. The van der Waals surface area contributed by atoms with Crippen molar-refractivity contribution in [2.75, 3.05) is 0 Å². The Labute approximate surface area is 126 Å². The maximum atomic E-state index is 5.73. The van der Waals surface area contributed by atoms with E-state index in [1.54, 1.807) is 11.3 Å². The molecule has 0 saturated heterocycles. The van der Waals surface area contributed by atoms with E-state index in [1.165, 1.54) is 16.1 Å². The smallest absolute Gasteiger partial charge is 0.0766 e. The minimum absolute atomic E-state index is 0.122. The summed E-state index contributed by atoms with van der Waals surface area (Å²) in [6.07, 6.45) is 1.75. The number of nitrogens with two attached hydrogens (primary N) is 1. The van der Waals surface area contributed by atoms with Gasteiger partial charge in [0.15, 0.2) is 0 Å². The van der Waals surface area contributed by atoms with Gasteiger partial charge in [-0.1, -0.05) is 6.92 Å².